The molecular weight excluding hydrogens is 677 g/mol. The zero-order valence-electron chi connectivity index (χ0n) is 32.9. The van der Waals surface area contributed by atoms with E-state index in [0.717, 1.165) is 48.4 Å². The Labute approximate surface area is 332 Å². The van der Waals surface area contributed by atoms with Crippen LogP contribution in [-0.2, 0) is 10.8 Å². The van der Waals surface area contributed by atoms with E-state index in [4.69, 9.17) is 0 Å². The number of hydrogen-bond acceptors (Lipinski definition) is 2. The normalized spacial score (nSPS) is 17.0. The number of fused-ring (bicyclic) bond motifs is 4. The molecule has 4 aliphatic carbocycles. The molecule has 0 saturated heterocycles. The Balaban J connectivity index is 0.973. The summed E-state index contributed by atoms with van der Waals surface area (Å²) in [6.45, 7) is 9.60. The van der Waals surface area contributed by atoms with Crippen LogP contribution in [-0.4, -0.2) is 0 Å². The molecule has 6 aromatic rings. The fourth-order valence-electron chi connectivity index (χ4n) is 9.96. The van der Waals surface area contributed by atoms with Crippen molar-refractivity contribution in [2.24, 2.45) is 0 Å². The van der Waals surface area contributed by atoms with Gasteiger partial charge >= 0.3 is 0 Å². The monoisotopic (exact) mass is 724 g/mol. The minimum Gasteiger partial charge on any atom is -0.310 e. The average molecular weight is 725 g/mol. The smallest absolute Gasteiger partial charge is 0.0465 e. The highest BCUT2D eigenvalue weighted by atomic mass is 15.1. The molecule has 0 radical (unpaired) electrons. The second kappa shape index (κ2) is 13.3. The molecule has 0 bridgehead atoms. The van der Waals surface area contributed by atoms with Crippen LogP contribution < -0.4 is 9.80 Å². The standard InChI is InChI=1S/C54H48N2/c1-53(2)49-21-13-11-19-45(49)47-33-31-43(35-51(47)53)55(39-15-7-5-8-16-39)41-27-23-37(24-28-41)38-25-29-42(30-26-38)56(40-17-9-6-10-18-40)44-32-34-48-46-20-12-14-22-50(46)54(3,4)52(48)36-44/h5-12,15-20,23-36H,13-14,21-22H2,1-4H3. The molecule has 56 heavy (non-hydrogen) atoms. The van der Waals surface area contributed by atoms with Crippen molar-refractivity contribution in [3.63, 3.8) is 0 Å². The number of benzene rings is 6. The molecule has 0 aliphatic heterocycles. The van der Waals surface area contributed by atoms with Gasteiger partial charge in [-0.25, -0.2) is 0 Å². The van der Waals surface area contributed by atoms with Gasteiger partial charge in [0.05, 0.1) is 0 Å². The molecule has 0 heterocycles. The van der Waals surface area contributed by atoms with Gasteiger partial charge in [0.25, 0.3) is 0 Å². The highest BCUT2D eigenvalue weighted by Gasteiger charge is 2.39. The average Bonchev–Trinajstić information content (AvgIpc) is 3.61. The van der Waals surface area contributed by atoms with Gasteiger partial charge in [-0.15, -0.1) is 0 Å². The largest absolute Gasteiger partial charge is 0.310 e. The summed E-state index contributed by atoms with van der Waals surface area (Å²) in [5.41, 5.74) is 21.0. The van der Waals surface area contributed by atoms with Crippen LogP contribution in [0.3, 0.4) is 0 Å². The Hall–Kier alpha value is -6.12. The molecule has 6 aromatic carbocycles. The molecule has 274 valence electrons. The first-order chi connectivity index (χ1) is 27.3. The van der Waals surface area contributed by atoms with Crippen molar-refractivity contribution in [1.82, 2.24) is 0 Å². The fraction of sp³-hybridized carbons (Fsp3) is 0.185. The van der Waals surface area contributed by atoms with E-state index in [1.54, 1.807) is 11.1 Å². The van der Waals surface area contributed by atoms with Gasteiger partial charge in [0.2, 0.25) is 0 Å². The molecule has 4 aliphatic rings. The van der Waals surface area contributed by atoms with Crippen molar-refractivity contribution in [2.75, 3.05) is 9.80 Å². The summed E-state index contributed by atoms with van der Waals surface area (Å²) in [6.07, 6.45) is 13.9. The Morgan fingerprint density at radius 2 is 0.750 bits per heavy atom. The van der Waals surface area contributed by atoms with E-state index >= 15 is 0 Å². The Morgan fingerprint density at radius 3 is 1.14 bits per heavy atom. The van der Waals surface area contributed by atoms with Crippen LogP contribution in [0.15, 0.2) is 181 Å². The van der Waals surface area contributed by atoms with Gasteiger partial charge in [0.15, 0.2) is 0 Å². The van der Waals surface area contributed by atoms with Gasteiger partial charge in [-0.3, -0.25) is 0 Å². The minimum atomic E-state index is 0.0191. The van der Waals surface area contributed by atoms with Gasteiger partial charge in [-0.05, 0) is 143 Å². The van der Waals surface area contributed by atoms with Crippen LogP contribution in [0.5, 0.6) is 0 Å². The summed E-state index contributed by atoms with van der Waals surface area (Å²) in [6, 6.07) is 53.8. The second-order valence-electron chi connectivity index (χ2n) is 16.8. The van der Waals surface area contributed by atoms with Gasteiger partial charge in [0, 0.05) is 45.0 Å². The zero-order valence-corrected chi connectivity index (χ0v) is 32.9. The summed E-state index contributed by atoms with van der Waals surface area (Å²) in [4.78, 5) is 4.79. The third-order valence-corrected chi connectivity index (χ3v) is 12.9. The van der Waals surface area contributed by atoms with Crippen LogP contribution in [0.4, 0.5) is 34.1 Å². The summed E-state index contributed by atoms with van der Waals surface area (Å²) in [5.74, 6) is 0. The predicted molar refractivity (Wildman–Crippen MR) is 238 cm³/mol. The van der Waals surface area contributed by atoms with Gasteiger partial charge in [0.1, 0.15) is 0 Å². The maximum absolute atomic E-state index is 2.43. The van der Waals surface area contributed by atoms with Crippen LogP contribution in [0.1, 0.15) is 75.6 Å². The third kappa shape index (κ3) is 5.54. The number of nitrogens with zero attached hydrogens (tertiary/aromatic N) is 2. The summed E-state index contributed by atoms with van der Waals surface area (Å²) in [5, 5.41) is 0. The van der Waals surface area contributed by atoms with E-state index in [9.17, 15) is 0 Å². The zero-order chi connectivity index (χ0) is 38.0. The molecular formula is C54H48N2. The third-order valence-electron chi connectivity index (χ3n) is 12.9. The molecule has 0 atom stereocenters. The fourth-order valence-corrected chi connectivity index (χ4v) is 9.96. The van der Waals surface area contributed by atoms with Crippen LogP contribution in [0.2, 0.25) is 0 Å². The maximum Gasteiger partial charge on any atom is 0.0465 e. The molecule has 0 amide bonds. The molecule has 2 heteroatoms. The molecule has 0 spiro atoms. The van der Waals surface area contributed by atoms with E-state index in [2.05, 4.69) is 207 Å². The molecule has 0 unspecified atom stereocenters. The summed E-state index contributed by atoms with van der Waals surface area (Å²) in [7, 11) is 0. The van der Waals surface area contributed by atoms with Crippen LogP contribution >= 0.6 is 0 Å². The number of anilines is 6. The Kier molecular flexibility index (Phi) is 8.15. The second-order valence-corrected chi connectivity index (χ2v) is 16.8. The topological polar surface area (TPSA) is 6.48 Å². The van der Waals surface area contributed by atoms with E-state index in [1.807, 2.05) is 0 Å². The first-order valence-corrected chi connectivity index (χ1v) is 20.3. The molecule has 0 aromatic heterocycles. The minimum absolute atomic E-state index is 0.0191. The molecule has 2 nitrogen and oxygen atoms in total. The van der Waals surface area contributed by atoms with Crippen molar-refractivity contribution in [3.8, 4) is 11.1 Å². The summed E-state index contributed by atoms with van der Waals surface area (Å²) >= 11 is 0. The highest BCUT2D eigenvalue weighted by molar-refractivity contribution is 5.91. The van der Waals surface area contributed by atoms with Gasteiger partial charge in [-0.2, -0.15) is 0 Å². The van der Waals surface area contributed by atoms with E-state index in [1.165, 1.54) is 55.9 Å². The van der Waals surface area contributed by atoms with E-state index in [0.29, 0.717) is 0 Å². The summed E-state index contributed by atoms with van der Waals surface area (Å²) < 4.78 is 0. The Bertz CT molecular complexity index is 2410. The van der Waals surface area contributed by atoms with E-state index < -0.39 is 0 Å². The highest BCUT2D eigenvalue weighted by Crippen LogP contribution is 2.53. The van der Waals surface area contributed by atoms with Crippen LogP contribution in [0.25, 0.3) is 22.3 Å². The number of rotatable bonds is 7. The first-order valence-electron chi connectivity index (χ1n) is 20.3. The SMILES string of the molecule is CC1(C)C2=C(C=CCC2)c2ccc(N(c3ccccc3)c3ccc(-c4ccc(N(c5ccccc5)c5ccc6c(c5)C(C)(C)C5=C6C=CCC5)cc4)cc3)cc21. The molecule has 0 saturated carbocycles. The van der Waals surface area contributed by atoms with Gasteiger partial charge in [-0.1, -0.05) is 136 Å². The Morgan fingerprint density at radius 1 is 0.393 bits per heavy atom. The van der Waals surface area contributed by atoms with Crippen molar-refractivity contribution in [3.05, 3.63) is 203 Å². The first kappa shape index (κ1) is 34.4. The van der Waals surface area contributed by atoms with E-state index in [-0.39, 0.29) is 10.8 Å². The number of hydrogen-bond donors (Lipinski definition) is 0. The van der Waals surface area contributed by atoms with Gasteiger partial charge < -0.3 is 9.80 Å². The molecule has 10 rings (SSSR count). The maximum atomic E-state index is 2.43. The molecule has 0 N–H and O–H groups in total. The lowest BCUT2D eigenvalue weighted by Crippen LogP contribution is -2.18. The van der Waals surface area contributed by atoms with Crippen molar-refractivity contribution in [2.45, 2.75) is 64.2 Å². The van der Waals surface area contributed by atoms with Crippen molar-refractivity contribution in [1.29, 1.82) is 0 Å². The van der Waals surface area contributed by atoms with Crippen molar-refractivity contribution >= 4 is 45.3 Å². The lowest BCUT2D eigenvalue weighted by Gasteiger charge is -2.29. The van der Waals surface area contributed by atoms with Crippen molar-refractivity contribution < 1.29 is 0 Å². The predicted octanol–water partition coefficient (Wildman–Crippen LogP) is 15.1. The number of para-hydroxylation sites is 2. The number of allylic oxidation sites excluding steroid dienone is 8. The lowest BCUT2D eigenvalue weighted by molar-refractivity contribution is 0.607. The lowest BCUT2D eigenvalue weighted by atomic mass is 9.78. The molecule has 0 fully saturated rings. The quantitative estimate of drug-likeness (QED) is 0.162. The van der Waals surface area contributed by atoms with Crippen LogP contribution in [0, 0.1) is 0 Å².